The molecule has 0 aliphatic heterocycles. The first-order valence-electron chi connectivity index (χ1n) is 10.3. The van der Waals surface area contributed by atoms with Crippen molar-refractivity contribution < 1.29 is 27.8 Å². The highest BCUT2D eigenvalue weighted by Gasteiger charge is 2.14. The number of ether oxygens (including phenoxy) is 2. The molecule has 33 heavy (non-hydrogen) atoms. The molecule has 0 aliphatic carbocycles. The average molecular weight is 454 g/mol. The van der Waals surface area contributed by atoms with Gasteiger partial charge in [-0.3, -0.25) is 9.59 Å². The Kier molecular flexibility index (Phi) is 8.35. The zero-order chi connectivity index (χ0) is 23.6. The molecule has 8 heteroatoms. The smallest absolute Gasteiger partial charge is 0.387 e. The molecule has 0 aliphatic rings. The first kappa shape index (κ1) is 23.7. The first-order chi connectivity index (χ1) is 16.0. The summed E-state index contributed by atoms with van der Waals surface area (Å²) in [6.45, 7) is -2.83. The fourth-order valence-electron chi connectivity index (χ4n) is 3.26. The normalized spacial score (nSPS) is 10.5. The highest BCUT2D eigenvalue weighted by molar-refractivity contribution is 5.97. The van der Waals surface area contributed by atoms with Crippen LogP contribution in [0, 0.1) is 0 Å². The van der Waals surface area contributed by atoms with Gasteiger partial charge in [-0.2, -0.15) is 8.78 Å². The third kappa shape index (κ3) is 7.03. The van der Waals surface area contributed by atoms with Crippen molar-refractivity contribution in [3.63, 3.8) is 0 Å². The lowest BCUT2D eigenvalue weighted by Gasteiger charge is -2.14. The summed E-state index contributed by atoms with van der Waals surface area (Å²) in [7, 11) is 1.48. The number of hydrogen-bond donors (Lipinski definition) is 2. The molecule has 2 amide bonds. The van der Waals surface area contributed by atoms with Crippen LogP contribution in [0.2, 0.25) is 0 Å². The lowest BCUT2D eigenvalue weighted by Crippen LogP contribution is -2.28. The van der Waals surface area contributed by atoms with Crippen LogP contribution in [-0.2, 0) is 11.2 Å². The number of hydrogen-bond acceptors (Lipinski definition) is 4. The number of anilines is 1. The summed E-state index contributed by atoms with van der Waals surface area (Å²) in [6.07, 6.45) is 0.395. The maximum atomic E-state index is 12.8. The van der Waals surface area contributed by atoms with Crippen molar-refractivity contribution in [3.05, 3.63) is 89.5 Å². The van der Waals surface area contributed by atoms with Crippen molar-refractivity contribution in [1.29, 1.82) is 0 Å². The summed E-state index contributed by atoms with van der Waals surface area (Å²) >= 11 is 0. The first-order valence-corrected chi connectivity index (χ1v) is 10.3. The van der Waals surface area contributed by atoms with Gasteiger partial charge in [-0.25, -0.2) is 0 Å². The van der Waals surface area contributed by atoms with Crippen LogP contribution < -0.4 is 20.1 Å². The molecule has 0 atom stereocenters. The Balaban J connectivity index is 1.60. The fraction of sp³-hybridized carbons (Fsp3) is 0.200. The molecule has 0 aromatic heterocycles. The van der Waals surface area contributed by atoms with Gasteiger partial charge in [-0.05, 0) is 35.9 Å². The van der Waals surface area contributed by atoms with Crippen molar-refractivity contribution in [2.75, 3.05) is 19.0 Å². The molecule has 0 spiro atoms. The zero-order valence-electron chi connectivity index (χ0n) is 18.0. The quantitative estimate of drug-likeness (QED) is 0.468. The van der Waals surface area contributed by atoms with Crippen LogP contribution in [0.5, 0.6) is 11.5 Å². The highest BCUT2D eigenvalue weighted by Crippen LogP contribution is 2.27. The van der Waals surface area contributed by atoms with E-state index >= 15 is 0 Å². The molecule has 3 aromatic carbocycles. The molecule has 6 nitrogen and oxygen atoms in total. The predicted molar refractivity (Wildman–Crippen MR) is 121 cm³/mol. The summed E-state index contributed by atoms with van der Waals surface area (Å²) in [4.78, 5) is 24.7. The number of alkyl halides is 2. The van der Waals surface area contributed by atoms with Gasteiger partial charge in [-0.1, -0.05) is 42.5 Å². The number of amides is 2. The molecule has 0 heterocycles. The molecule has 0 radical (unpaired) electrons. The molecule has 0 saturated carbocycles. The summed E-state index contributed by atoms with van der Waals surface area (Å²) in [5.41, 5.74) is 2.26. The van der Waals surface area contributed by atoms with E-state index in [1.165, 1.54) is 19.2 Å². The second-order valence-corrected chi connectivity index (χ2v) is 7.12. The fourth-order valence-corrected chi connectivity index (χ4v) is 3.26. The number of methoxy groups -OCH3 is 1. The Bertz CT molecular complexity index is 1090. The van der Waals surface area contributed by atoms with Crippen LogP contribution >= 0.6 is 0 Å². The standard InChI is InChI=1S/C25H24F2N2O4/c1-32-22-10-6-5-9-20(22)24(31)28-14-13-23(30)29-19-11-12-21(33-25(26)27)18(16-19)15-17-7-3-2-4-8-17/h2-12,16,25H,13-15H2,1H3,(H,28,31)(H,29,30). The van der Waals surface area contributed by atoms with E-state index in [1.54, 1.807) is 30.3 Å². The van der Waals surface area contributed by atoms with Crippen LogP contribution in [0.4, 0.5) is 14.5 Å². The maximum absolute atomic E-state index is 12.8. The molecule has 0 fully saturated rings. The number of carbonyl (C=O) groups excluding carboxylic acids is 2. The van der Waals surface area contributed by atoms with Gasteiger partial charge in [0.05, 0.1) is 12.7 Å². The number of carbonyl (C=O) groups is 2. The molecule has 0 unspecified atom stereocenters. The molecule has 0 bridgehead atoms. The molecular formula is C25H24F2N2O4. The van der Waals surface area contributed by atoms with E-state index in [-0.39, 0.29) is 30.5 Å². The zero-order valence-corrected chi connectivity index (χ0v) is 18.0. The Morgan fingerprint density at radius 1 is 0.939 bits per heavy atom. The lowest BCUT2D eigenvalue weighted by molar-refractivity contribution is -0.116. The Morgan fingerprint density at radius 2 is 1.67 bits per heavy atom. The highest BCUT2D eigenvalue weighted by atomic mass is 19.3. The second kappa shape index (κ2) is 11.6. The SMILES string of the molecule is COc1ccccc1C(=O)NCCC(=O)Nc1ccc(OC(F)F)c(Cc2ccccc2)c1. The lowest BCUT2D eigenvalue weighted by atomic mass is 10.0. The van der Waals surface area contributed by atoms with Gasteiger partial charge in [0, 0.05) is 30.6 Å². The minimum absolute atomic E-state index is 0.0319. The molecule has 3 aromatic rings. The van der Waals surface area contributed by atoms with Gasteiger partial charge in [0.2, 0.25) is 5.91 Å². The topological polar surface area (TPSA) is 76.7 Å². The second-order valence-electron chi connectivity index (χ2n) is 7.12. The van der Waals surface area contributed by atoms with E-state index in [1.807, 2.05) is 30.3 Å². The summed E-state index contributed by atoms with van der Waals surface area (Å²) in [6, 6.07) is 20.6. The van der Waals surface area contributed by atoms with Gasteiger partial charge in [0.25, 0.3) is 5.91 Å². The summed E-state index contributed by atoms with van der Waals surface area (Å²) in [5, 5.41) is 5.41. The van der Waals surface area contributed by atoms with Crippen LogP contribution in [0.15, 0.2) is 72.8 Å². The van der Waals surface area contributed by atoms with Crippen molar-refractivity contribution in [1.82, 2.24) is 5.32 Å². The minimum Gasteiger partial charge on any atom is -0.496 e. The molecule has 0 saturated heterocycles. The minimum atomic E-state index is -2.95. The monoisotopic (exact) mass is 454 g/mol. The molecule has 2 N–H and O–H groups in total. The number of halogens is 2. The van der Waals surface area contributed by atoms with Gasteiger partial charge < -0.3 is 20.1 Å². The van der Waals surface area contributed by atoms with E-state index in [2.05, 4.69) is 15.4 Å². The Hall–Kier alpha value is -3.94. The number of benzene rings is 3. The van der Waals surface area contributed by atoms with Gasteiger partial charge in [0.15, 0.2) is 0 Å². The predicted octanol–water partition coefficient (Wildman–Crippen LogP) is 4.65. The van der Waals surface area contributed by atoms with Crippen LogP contribution in [0.25, 0.3) is 0 Å². The van der Waals surface area contributed by atoms with Crippen LogP contribution in [0.3, 0.4) is 0 Å². The van der Waals surface area contributed by atoms with E-state index < -0.39 is 6.61 Å². The van der Waals surface area contributed by atoms with Crippen molar-refractivity contribution in [2.24, 2.45) is 0 Å². The molecule has 3 rings (SSSR count). The van der Waals surface area contributed by atoms with Crippen molar-refractivity contribution in [3.8, 4) is 11.5 Å². The largest absolute Gasteiger partial charge is 0.496 e. The molecule has 172 valence electrons. The summed E-state index contributed by atoms with van der Waals surface area (Å²) < 4.78 is 35.4. The number of rotatable bonds is 10. The van der Waals surface area contributed by atoms with Crippen molar-refractivity contribution in [2.45, 2.75) is 19.5 Å². The third-order valence-electron chi connectivity index (χ3n) is 4.79. The Labute approximate surface area is 190 Å². The maximum Gasteiger partial charge on any atom is 0.387 e. The van der Waals surface area contributed by atoms with Gasteiger partial charge in [0.1, 0.15) is 11.5 Å². The molecular weight excluding hydrogens is 430 g/mol. The third-order valence-corrected chi connectivity index (χ3v) is 4.79. The van der Waals surface area contributed by atoms with Crippen LogP contribution in [0.1, 0.15) is 27.9 Å². The van der Waals surface area contributed by atoms with Gasteiger partial charge >= 0.3 is 6.61 Å². The average Bonchev–Trinajstić information content (AvgIpc) is 2.81. The van der Waals surface area contributed by atoms with E-state index in [0.717, 1.165) is 5.56 Å². The number of nitrogens with one attached hydrogen (secondary N) is 2. The van der Waals surface area contributed by atoms with E-state index in [4.69, 9.17) is 4.74 Å². The summed E-state index contributed by atoms with van der Waals surface area (Å²) in [5.74, 6) is -0.185. The van der Waals surface area contributed by atoms with Crippen molar-refractivity contribution >= 4 is 17.5 Å². The van der Waals surface area contributed by atoms with E-state index in [9.17, 15) is 18.4 Å². The van der Waals surface area contributed by atoms with Gasteiger partial charge in [-0.15, -0.1) is 0 Å². The Morgan fingerprint density at radius 3 is 2.39 bits per heavy atom. The van der Waals surface area contributed by atoms with E-state index in [0.29, 0.717) is 29.0 Å². The van der Waals surface area contributed by atoms with Crippen LogP contribution in [-0.4, -0.2) is 32.1 Å². The number of para-hydroxylation sites is 1.